The molecule has 3 heteroatoms. The summed E-state index contributed by atoms with van der Waals surface area (Å²) >= 11 is 0. The minimum absolute atomic E-state index is 0.751. The third-order valence-corrected chi connectivity index (χ3v) is 3.54. The number of aryl methyl sites for hydroxylation is 1. The van der Waals surface area contributed by atoms with Gasteiger partial charge in [0, 0.05) is 13.1 Å². The molecule has 2 N–H and O–H groups in total. The number of hydrogen-bond acceptors (Lipinski definition) is 3. The van der Waals surface area contributed by atoms with Gasteiger partial charge in [-0.15, -0.1) is 0 Å². The third-order valence-electron chi connectivity index (χ3n) is 3.54. The largest absolute Gasteiger partial charge is 0.397 e. The van der Waals surface area contributed by atoms with Gasteiger partial charge >= 0.3 is 0 Å². The van der Waals surface area contributed by atoms with Gasteiger partial charge in [-0.3, -0.25) is 0 Å². The van der Waals surface area contributed by atoms with Gasteiger partial charge in [-0.25, -0.2) is 4.98 Å². The van der Waals surface area contributed by atoms with Gasteiger partial charge in [0.05, 0.1) is 11.9 Å². The van der Waals surface area contributed by atoms with Crippen molar-refractivity contribution in [3.05, 3.63) is 17.8 Å². The monoisotopic (exact) mass is 219 g/mol. The summed E-state index contributed by atoms with van der Waals surface area (Å²) in [6.45, 7) is 8.95. The lowest BCUT2D eigenvalue weighted by Crippen LogP contribution is -2.23. The highest BCUT2D eigenvalue weighted by Gasteiger charge is 2.26. The second kappa shape index (κ2) is 4.32. The Morgan fingerprint density at radius 1 is 1.50 bits per heavy atom. The molecule has 88 valence electrons. The zero-order chi connectivity index (χ0) is 11.7. The molecular weight excluding hydrogens is 198 g/mol. The molecule has 1 atom stereocenters. The first-order valence-corrected chi connectivity index (χ1v) is 6.05. The number of hydrogen-bond donors (Lipinski definition) is 1. The summed E-state index contributed by atoms with van der Waals surface area (Å²) < 4.78 is 0. The van der Waals surface area contributed by atoms with Crippen LogP contribution in [0.25, 0.3) is 0 Å². The molecular formula is C13H21N3. The van der Waals surface area contributed by atoms with Crippen LogP contribution < -0.4 is 10.6 Å². The number of pyridine rings is 1. The van der Waals surface area contributed by atoms with Crippen molar-refractivity contribution >= 4 is 11.5 Å². The molecule has 1 aromatic rings. The van der Waals surface area contributed by atoms with E-state index in [-0.39, 0.29) is 0 Å². The van der Waals surface area contributed by atoms with Gasteiger partial charge < -0.3 is 10.6 Å². The highest BCUT2D eigenvalue weighted by atomic mass is 15.2. The van der Waals surface area contributed by atoms with Crippen molar-refractivity contribution in [2.24, 2.45) is 11.8 Å². The SMILES string of the molecule is Cc1cc(N)cnc1N1CCC(C(C)C)C1. The van der Waals surface area contributed by atoms with Crippen molar-refractivity contribution in [2.75, 3.05) is 23.7 Å². The molecule has 1 aliphatic rings. The van der Waals surface area contributed by atoms with Gasteiger partial charge in [-0.2, -0.15) is 0 Å². The highest BCUT2D eigenvalue weighted by Crippen LogP contribution is 2.29. The first-order valence-electron chi connectivity index (χ1n) is 6.05. The first kappa shape index (κ1) is 11.2. The van der Waals surface area contributed by atoms with Gasteiger partial charge in [-0.05, 0) is 36.8 Å². The molecule has 1 aliphatic heterocycles. The van der Waals surface area contributed by atoms with E-state index in [9.17, 15) is 0 Å². The summed E-state index contributed by atoms with van der Waals surface area (Å²) in [6, 6.07) is 2.00. The number of nitrogens with two attached hydrogens (primary N) is 1. The van der Waals surface area contributed by atoms with Crippen LogP contribution >= 0.6 is 0 Å². The van der Waals surface area contributed by atoms with E-state index in [1.807, 2.05) is 6.07 Å². The molecule has 0 saturated carbocycles. The molecule has 0 bridgehead atoms. The number of aromatic nitrogens is 1. The Hall–Kier alpha value is -1.25. The molecule has 0 spiro atoms. The molecule has 1 saturated heterocycles. The Morgan fingerprint density at radius 3 is 2.81 bits per heavy atom. The maximum Gasteiger partial charge on any atom is 0.131 e. The predicted molar refractivity (Wildman–Crippen MR) is 68.5 cm³/mol. The number of nitrogens with zero attached hydrogens (tertiary/aromatic N) is 2. The van der Waals surface area contributed by atoms with E-state index >= 15 is 0 Å². The van der Waals surface area contributed by atoms with Crippen molar-refractivity contribution in [3.8, 4) is 0 Å². The van der Waals surface area contributed by atoms with E-state index in [2.05, 4.69) is 30.7 Å². The third kappa shape index (κ3) is 2.13. The lowest BCUT2D eigenvalue weighted by molar-refractivity contribution is 0.422. The Bertz CT molecular complexity index is 373. The van der Waals surface area contributed by atoms with Gasteiger partial charge in [-0.1, -0.05) is 13.8 Å². The fraction of sp³-hybridized carbons (Fsp3) is 0.615. The average Bonchev–Trinajstić information content (AvgIpc) is 2.66. The summed E-state index contributed by atoms with van der Waals surface area (Å²) in [6.07, 6.45) is 3.04. The fourth-order valence-corrected chi connectivity index (χ4v) is 2.44. The molecule has 2 rings (SSSR count). The summed E-state index contributed by atoms with van der Waals surface area (Å²) in [5, 5.41) is 0. The van der Waals surface area contributed by atoms with Crippen LogP contribution in [0.1, 0.15) is 25.8 Å². The van der Waals surface area contributed by atoms with E-state index in [0.29, 0.717) is 0 Å². The normalized spacial score (nSPS) is 20.8. The van der Waals surface area contributed by atoms with Crippen LogP contribution in [0.5, 0.6) is 0 Å². The number of nitrogen functional groups attached to an aromatic ring is 1. The Labute approximate surface area is 97.7 Å². The fourth-order valence-electron chi connectivity index (χ4n) is 2.44. The number of rotatable bonds is 2. The standard InChI is InChI=1S/C13H21N3/c1-9(2)11-4-5-16(8-11)13-10(3)6-12(14)7-15-13/h6-7,9,11H,4-5,8,14H2,1-3H3. The molecule has 0 aromatic carbocycles. The van der Waals surface area contributed by atoms with Crippen molar-refractivity contribution in [2.45, 2.75) is 27.2 Å². The zero-order valence-electron chi connectivity index (χ0n) is 10.4. The molecule has 0 radical (unpaired) electrons. The van der Waals surface area contributed by atoms with E-state index < -0.39 is 0 Å². The van der Waals surface area contributed by atoms with Crippen LogP contribution in [0.4, 0.5) is 11.5 Å². The van der Waals surface area contributed by atoms with Gasteiger partial charge in [0.15, 0.2) is 0 Å². The molecule has 0 amide bonds. The van der Waals surface area contributed by atoms with Gasteiger partial charge in [0.1, 0.15) is 5.82 Å². The molecule has 1 unspecified atom stereocenters. The van der Waals surface area contributed by atoms with Crippen molar-refractivity contribution in [1.82, 2.24) is 4.98 Å². The van der Waals surface area contributed by atoms with E-state index in [4.69, 9.17) is 5.73 Å². The maximum absolute atomic E-state index is 5.72. The first-order chi connectivity index (χ1) is 7.58. The lowest BCUT2D eigenvalue weighted by atomic mass is 9.95. The van der Waals surface area contributed by atoms with Gasteiger partial charge in [0.25, 0.3) is 0 Å². The molecule has 1 fully saturated rings. The van der Waals surface area contributed by atoms with E-state index in [1.165, 1.54) is 12.0 Å². The van der Waals surface area contributed by atoms with Gasteiger partial charge in [0.2, 0.25) is 0 Å². The molecule has 2 heterocycles. The van der Waals surface area contributed by atoms with Crippen LogP contribution in [-0.2, 0) is 0 Å². The van der Waals surface area contributed by atoms with Crippen molar-refractivity contribution in [1.29, 1.82) is 0 Å². The average molecular weight is 219 g/mol. The summed E-state index contributed by atoms with van der Waals surface area (Å²) in [5.41, 5.74) is 7.66. The highest BCUT2D eigenvalue weighted by molar-refractivity contribution is 5.53. The summed E-state index contributed by atoms with van der Waals surface area (Å²) in [4.78, 5) is 6.84. The van der Waals surface area contributed by atoms with Crippen LogP contribution in [0, 0.1) is 18.8 Å². The van der Waals surface area contributed by atoms with Crippen LogP contribution in [0.3, 0.4) is 0 Å². The lowest BCUT2D eigenvalue weighted by Gasteiger charge is -2.20. The maximum atomic E-state index is 5.72. The quantitative estimate of drug-likeness (QED) is 0.830. The van der Waals surface area contributed by atoms with Crippen LogP contribution in [0.2, 0.25) is 0 Å². The summed E-state index contributed by atoms with van der Waals surface area (Å²) in [7, 11) is 0. The predicted octanol–water partition coefficient (Wildman–Crippen LogP) is 2.45. The van der Waals surface area contributed by atoms with Crippen molar-refractivity contribution < 1.29 is 0 Å². The molecule has 3 nitrogen and oxygen atoms in total. The second-order valence-corrected chi connectivity index (χ2v) is 5.15. The van der Waals surface area contributed by atoms with E-state index in [1.54, 1.807) is 6.20 Å². The molecule has 1 aromatic heterocycles. The van der Waals surface area contributed by atoms with Crippen LogP contribution in [-0.4, -0.2) is 18.1 Å². The second-order valence-electron chi connectivity index (χ2n) is 5.15. The Morgan fingerprint density at radius 2 is 2.25 bits per heavy atom. The zero-order valence-corrected chi connectivity index (χ0v) is 10.4. The summed E-state index contributed by atoms with van der Waals surface area (Å²) in [5.74, 6) is 2.68. The van der Waals surface area contributed by atoms with Crippen molar-refractivity contribution in [3.63, 3.8) is 0 Å². The Kier molecular flexibility index (Phi) is 3.03. The molecule has 16 heavy (non-hydrogen) atoms. The minimum Gasteiger partial charge on any atom is -0.397 e. The number of anilines is 2. The smallest absolute Gasteiger partial charge is 0.131 e. The Balaban J connectivity index is 2.14. The topological polar surface area (TPSA) is 42.1 Å². The van der Waals surface area contributed by atoms with Crippen LogP contribution in [0.15, 0.2) is 12.3 Å². The molecule has 0 aliphatic carbocycles. The minimum atomic E-state index is 0.751. The van der Waals surface area contributed by atoms with E-state index in [0.717, 1.165) is 36.4 Å².